The molecule has 3 heterocycles. The molecule has 59 heavy (non-hydrogen) atoms. The zero-order chi connectivity index (χ0) is 40.0. The number of benzene rings is 7. The molecule has 0 aliphatic carbocycles. The number of aryl methyl sites for hydroxylation is 2. The summed E-state index contributed by atoms with van der Waals surface area (Å²) in [5.41, 5.74) is 18.5. The molecule has 284 valence electrons. The number of hydrogen-bond acceptors (Lipinski definition) is 4. The third-order valence-electron chi connectivity index (χ3n) is 11.4. The van der Waals surface area contributed by atoms with Crippen LogP contribution in [-0.4, -0.2) is 14.5 Å². The Morgan fingerprint density at radius 3 is 1.98 bits per heavy atom. The maximum atomic E-state index is 5.45. The SMILES string of the molecule is C=C=C(CC)N(c1ccc(-c2cc(-c3ccc(-n4c(CC)nc5ccccc54)cc3)cc(-c3nc4ccccc4c4sc5ccccc5c34)c2)cc1)c1ccccc1C. The van der Waals surface area contributed by atoms with Gasteiger partial charge in [0.1, 0.15) is 5.82 Å². The van der Waals surface area contributed by atoms with Crippen LogP contribution in [0.5, 0.6) is 0 Å². The van der Waals surface area contributed by atoms with Gasteiger partial charge in [-0.05, 0) is 114 Å². The molecule has 0 unspecified atom stereocenters. The lowest BCUT2D eigenvalue weighted by Crippen LogP contribution is -2.16. The van der Waals surface area contributed by atoms with Gasteiger partial charge < -0.3 is 4.90 Å². The molecule has 0 N–H and O–H groups in total. The average Bonchev–Trinajstić information content (AvgIpc) is 3.88. The highest BCUT2D eigenvalue weighted by Crippen LogP contribution is 2.44. The van der Waals surface area contributed by atoms with Gasteiger partial charge in [-0.1, -0.05) is 111 Å². The number of pyridine rings is 1. The van der Waals surface area contributed by atoms with Crippen molar-refractivity contribution < 1.29 is 0 Å². The molecule has 10 rings (SSSR count). The van der Waals surface area contributed by atoms with Crippen LogP contribution in [0.3, 0.4) is 0 Å². The van der Waals surface area contributed by atoms with E-state index in [2.05, 4.69) is 206 Å². The zero-order valence-electron chi connectivity index (χ0n) is 33.4. The van der Waals surface area contributed by atoms with Gasteiger partial charge in [0.05, 0.1) is 27.9 Å². The van der Waals surface area contributed by atoms with E-state index in [9.17, 15) is 0 Å². The molecule has 5 heteroatoms. The molecule has 0 bridgehead atoms. The van der Waals surface area contributed by atoms with Crippen LogP contribution in [-0.2, 0) is 6.42 Å². The Labute approximate surface area is 348 Å². The smallest absolute Gasteiger partial charge is 0.114 e. The quantitative estimate of drug-likeness (QED) is 0.137. The van der Waals surface area contributed by atoms with Crippen LogP contribution in [0.4, 0.5) is 11.4 Å². The predicted molar refractivity (Wildman–Crippen MR) is 251 cm³/mol. The van der Waals surface area contributed by atoms with E-state index in [0.29, 0.717) is 0 Å². The van der Waals surface area contributed by atoms with Crippen LogP contribution >= 0.6 is 11.3 Å². The molecule has 0 aliphatic heterocycles. The van der Waals surface area contributed by atoms with Gasteiger partial charge in [0.25, 0.3) is 0 Å². The van der Waals surface area contributed by atoms with E-state index in [0.717, 1.165) is 91.5 Å². The summed E-state index contributed by atoms with van der Waals surface area (Å²) >= 11 is 1.85. The Balaban J connectivity index is 1.16. The number of thiophene rings is 1. The topological polar surface area (TPSA) is 34.0 Å². The van der Waals surface area contributed by atoms with Gasteiger partial charge in [0, 0.05) is 54.6 Å². The Kier molecular flexibility index (Phi) is 9.26. The molecule has 0 saturated carbocycles. The van der Waals surface area contributed by atoms with Crippen molar-refractivity contribution in [3.63, 3.8) is 0 Å². The minimum absolute atomic E-state index is 0.811. The van der Waals surface area contributed by atoms with Crippen LogP contribution in [0.15, 0.2) is 182 Å². The molecule has 10 aromatic rings. The molecule has 0 atom stereocenters. The molecule has 7 aromatic carbocycles. The second kappa shape index (κ2) is 15.0. The van der Waals surface area contributed by atoms with Crippen LogP contribution in [0, 0.1) is 6.92 Å². The molecule has 3 aromatic heterocycles. The van der Waals surface area contributed by atoms with E-state index in [1.807, 2.05) is 11.3 Å². The molecular weight excluding hydrogens is 737 g/mol. The van der Waals surface area contributed by atoms with Gasteiger partial charge in [0.2, 0.25) is 0 Å². The van der Waals surface area contributed by atoms with Gasteiger partial charge in [-0.15, -0.1) is 17.1 Å². The molecular formula is C54H42N4S. The zero-order valence-corrected chi connectivity index (χ0v) is 34.2. The van der Waals surface area contributed by atoms with Crippen LogP contribution < -0.4 is 4.90 Å². The van der Waals surface area contributed by atoms with Gasteiger partial charge in [0.15, 0.2) is 0 Å². The van der Waals surface area contributed by atoms with E-state index in [1.54, 1.807) is 0 Å². The maximum Gasteiger partial charge on any atom is 0.114 e. The van der Waals surface area contributed by atoms with Crippen LogP contribution in [0.1, 0.15) is 31.7 Å². The molecule has 0 spiro atoms. The lowest BCUT2D eigenvalue weighted by atomic mass is 9.93. The number of aromatic nitrogens is 3. The van der Waals surface area contributed by atoms with Gasteiger partial charge in [-0.2, -0.15) is 0 Å². The van der Waals surface area contributed by atoms with Crippen molar-refractivity contribution in [1.29, 1.82) is 0 Å². The average molecular weight is 779 g/mol. The summed E-state index contributed by atoms with van der Waals surface area (Å²) in [4.78, 5) is 12.7. The second-order valence-corrected chi connectivity index (χ2v) is 16.0. The fourth-order valence-electron chi connectivity index (χ4n) is 8.54. The maximum absolute atomic E-state index is 5.45. The van der Waals surface area contributed by atoms with Crippen molar-refractivity contribution in [1.82, 2.24) is 14.5 Å². The van der Waals surface area contributed by atoms with Crippen molar-refractivity contribution in [2.24, 2.45) is 0 Å². The van der Waals surface area contributed by atoms with Crippen molar-refractivity contribution in [3.05, 3.63) is 193 Å². The highest BCUT2D eigenvalue weighted by Gasteiger charge is 2.20. The fourth-order valence-corrected chi connectivity index (χ4v) is 9.78. The Morgan fingerprint density at radius 1 is 0.644 bits per heavy atom. The third-order valence-corrected chi connectivity index (χ3v) is 12.7. The van der Waals surface area contributed by atoms with Gasteiger partial charge in [-0.3, -0.25) is 4.57 Å². The number of para-hydroxylation sites is 4. The molecule has 0 saturated heterocycles. The van der Waals surface area contributed by atoms with Crippen LogP contribution in [0.2, 0.25) is 0 Å². The summed E-state index contributed by atoms with van der Waals surface area (Å²) in [6.07, 6.45) is 1.66. The first-order valence-corrected chi connectivity index (χ1v) is 21.1. The standard InChI is InChI=1S/C54H42N4S/c1-5-41(6-2)57(48-21-13-8-16-35(48)4)42-28-24-36(25-29-42)38-32-39(37-26-30-43(31-27-37)58-49-22-14-12-20-47(49)55-51(58)7-3)34-40(33-38)53-52-45-18-10-15-23-50(45)59-54(52)44-17-9-11-19-46(44)56-53/h8-34H,1,6-7H2,2-4H3. The highest BCUT2D eigenvalue weighted by atomic mass is 32.1. The van der Waals surface area contributed by atoms with E-state index < -0.39 is 0 Å². The summed E-state index contributed by atoms with van der Waals surface area (Å²) in [6.45, 7) is 10.5. The predicted octanol–water partition coefficient (Wildman–Crippen LogP) is 15.0. The number of imidazole rings is 1. The first kappa shape index (κ1) is 36.3. The fraction of sp³-hybridized carbons (Fsp3) is 0.0926. The number of nitrogens with zero attached hydrogens (tertiary/aromatic N) is 4. The summed E-state index contributed by atoms with van der Waals surface area (Å²) in [5, 5.41) is 3.63. The summed E-state index contributed by atoms with van der Waals surface area (Å²) < 4.78 is 4.82. The molecule has 0 amide bonds. The lowest BCUT2D eigenvalue weighted by Gasteiger charge is -2.27. The number of fused-ring (bicyclic) bond motifs is 6. The largest absolute Gasteiger partial charge is 0.307 e. The van der Waals surface area contributed by atoms with Crippen LogP contribution in [0.25, 0.3) is 81.3 Å². The third kappa shape index (κ3) is 6.33. The molecule has 0 radical (unpaired) electrons. The Morgan fingerprint density at radius 2 is 1.27 bits per heavy atom. The Bertz CT molecular complexity index is 3250. The minimum Gasteiger partial charge on any atom is -0.307 e. The first-order valence-electron chi connectivity index (χ1n) is 20.3. The van der Waals surface area contributed by atoms with E-state index in [-0.39, 0.29) is 0 Å². The van der Waals surface area contributed by atoms with Gasteiger partial charge >= 0.3 is 0 Å². The number of hydrogen-bond donors (Lipinski definition) is 0. The molecule has 0 fully saturated rings. The van der Waals surface area contributed by atoms with E-state index in [4.69, 9.17) is 9.97 Å². The van der Waals surface area contributed by atoms with E-state index in [1.165, 1.54) is 31.1 Å². The Hall–Kier alpha value is -7.04. The highest BCUT2D eigenvalue weighted by molar-refractivity contribution is 7.26. The normalized spacial score (nSPS) is 11.4. The minimum atomic E-state index is 0.811. The summed E-state index contributed by atoms with van der Waals surface area (Å²) in [5.74, 6) is 1.05. The van der Waals surface area contributed by atoms with Crippen molar-refractivity contribution in [2.45, 2.75) is 33.6 Å². The number of anilines is 2. The molecule has 4 nitrogen and oxygen atoms in total. The monoisotopic (exact) mass is 778 g/mol. The summed E-state index contributed by atoms with van der Waals surface area (Å²) in [6, 6.07) is 59.0. The van der Waals surface area contributed by atoms with Crippen molar-refractivity contribution in [2.75, 3.05) is 4.90 Å². The van der Waals surface area contributed by atoms with Crippen molar-refractivity contribution >= 4 is 64.8 Å². The number of rotatable bonds is 9. The van der Waals surface area contributed by atoms with Gasteiger partial charge in [-0.25, -0.2) is 9.97 Å². The number of allylic oxidation sites excluding steroid dienone is 1. The van der Waals surface area contributed by atoms with E-state index >= 15 is 0 Å². The second-order valence-electron chi connectivity index (χ2n) is 15.0. The molecule has 0 aliphatic rings. The first-order chi connectivity index (χ1) is 29.0. The summed E-state index contributed by atoms with van der Waals surface area (Å²) in [7, 11) is 0. The lowest BCUT2D eigenvalue weighted by molar-refractivity contribution is 0.908. The van der Waals surface area contributed by atoms with Crippen molar-refractivity contribution in [3.8, 4) is 39.2 Å².